The monoisotopic (exact) mass is 314 g/mol. The van der Waals surface area contributed by atoms with Gasteiger partial charge in [-0.1, -0.05) is 29.8 Å². The second kappa shape index (κ2) is 6.08. The summed E-state index contributed by atoms with van der Waals surface area (Å²) in [6.07, 6.45) is 6.30. The zero-order valence-corrected chi connectivity index (χ0v) is 12.5. The number of hydrogen-bond donors (Lipinski definition) is 0. The quantitative estimate of drug-likeness (QED) is 0.666. The molecule has 0 spiro atoms. The van der Waals surface area contributed by atoms with E-state index < -0.39 is 0 Å². The average molecular weight is 315 g/mol. The highest BCUT2D eigenvalue weighted by molar-refractivity contribution is 7.10. The summed E-state index contributed by atoms with van der Waals surface area (Å²) in [6.45, 7) is 0. The van der Waals surface area contributed by atoms with E-state index >= 15 is 0 Å². The number of halogens is 1. The Balaban J connectivity index is 2.01. The minimum absolute atomic E-state index is 0.678. The zero-order chi connectivity index (χ0) is 14.7. The van der Waals surface area contributed by atoms with Crippen molar-refractivity contribution in [2.24, 2.45) is 0 Å². The second-order valence-corrected chi connectivity index (χ2v) is 5.78. The van der Waals surface area contributed by atoms with E-state index in [-0.39, 0.29) is 0 Å². The molecule has 1 aromatic carbocycles. The van der Waals surface area contributed by atoms with Gasteiger partial charge < -0.3 is 0 Å². The van der Waals surface area contributed by atoms with Gasteiger partial charge in [0.05, 0.1) is 5.69 Å². The third-order valence-corrected chi connectivity index (χ3v) is 4.06. The smallest absolute Gasteiger partial charge is 0.234 e. The Morgan fingerprint density at radius 2 is 1.95 bits per heavy atom. The van der Waals surface area contributed by atoms with Crippen molar-refractivity contribution in [1.29, 1.82) is 0 Å². The zero-order valence-electron chi connectivity index (χ0n) is 10.9. The summed E-state index contributed by atoms with van der Waals surface area (Å²) in [5.41, 5.74) is 2.61. The van der Waals surface area contributed by atoms with Gasteiger partial charge in [-0.05, 0) is 41.3 Å². The molecule has 3 aromatic rings. The summed E-state index contributed by atoms with van der Waals surface area (Å²) in [5.74, 6) is 0. The number of carbonyl (C=O) groups excluding carboxylic acids is 1. The molecule has 0 bridgehead atoms. The van der Waals surface area contributed by atoms with Crippen molar-refractivity contribution < 1.29 is 4.79 Å². The van der Waals surface area contributed by atoms with Crippen molar-refractivity contribution in [3.05, 3.63) is 63.6 Å². The number of rotatable bonds is 4. The molecule has 0 unspecified atom stereocenters. The molecule has 0 radical (unpaired) electrons. The molecular weight excluding hydrogens is 304 g/mol. The van der Waals surface area contributed by atoms with E-state index in [1.165, 1.54) is 4.68 Å². The molecule has 104 valence electrons. The van der Waals surface area contributed by atoms with Gasteiger partial charge in [-0.25, -0.2) is 4.68 Å². The molecule has 3 rings (SSSR count). The predicted octanol–water partition coefficient (Wildman–Crippen LogP) is 4.47. The van der Waals surface area contributed by atoms with Gasteiger partial charge in [0.15, 0.2) is 0 Å². The molecule has 0 aliphatic carbocycles. The highest BCUT2D eigenvalue weighted by Gasteiger charge is 2.08. The third-order valence-electron chi connectivity index (χ3n) is 2.97. The molecule has 0 saturated heterocycles. The molecule has 0 aliphatic rings. The summed E-state index contributed by atoms with van der Waals surface area (Å²) < 4.78 is 1.28. The molecule has 2 heterocycles. The van der Waals surface area contributed by atoms with Crippen LogP contribution in [0.25, 0.3) is 23.3 Å². The Kier molecular flexibility index (Phi) is 3.99. The summed E-state index contributed by atoms with van der Waals surface area (Å²) in [6, 6.07) is 11.5. The first-order chi connectivity index (χ1) is 10.3. The number of thiophene rings is 1. The molecule has 2 aromatic heterocycles. The van der Waals surface area contributed by atoms with Gasteiger partial charge >= 0.3 is 0 Å². The Hall–Kier alpha value is -2.17. The maximum Gasteiger partial charge on any atom is 0.234 e. The lowest BCUT2D eigenvalue weighted by molar-refractivity contribution is 0.540. The Morgan fingerprint density at radius 3 is 2.62 bits per heavy atom. The Morgan fingerprint density at radius 1 is 1.14 bits per heavy atom. The third kappa shape index (κ3) is 3.12. The summed E-state index contributed by atoms with van der Waals surface area (Å²) in [5, 5.41) is 6.96. The van der Waals surface area contributed by atoms with Crippen LogP contribution in [0, 0.1) is 0 Å². The van der Waals surface area contributed by atoms with Crippen molar-refractivity contribution in [2.75, 3.05) is 0 Å². The first kappa shape index (κ1) is 13.8. The van der Waals surface area contributed by atoms with Crippen LogP contribution < -0.4 is 0 Å². The van der Waals surface area contributed by atoms with Crippen LogP contribution in [0.2, 0.25) is 5.02 Å². The lowest BCUT2D eigenvalue weighted by Crippen LogP contribution is -1.93. The standard InChI is InChI=1S/C16H11ClN2OS/c17-13-5-3-12(4-6-13)15-10-19(11-20)18-16(15)8-7-14-2-1-9-21-14/h1-11H. The van der Waals surface area contributed by atoms with Crippen molar-refractivity contribution in [3.63, 3.8) is 0 Å². The lowest BCUT2D eigenvalue weighted by Gasteiger charge is -1.99. The van der Waals surface area contributed by atoms with E-state index in [4.69, 9.17) is 11.6 Å². The molecule has 5 heteroatoms. The fourth-order valence-electron chi connectivity index (χ4n) is 1.98. The van der Waals surface area contributed by atoms with E-state index in [0.29, 0.717) is 11.4 Å². The highest BCUT2D eigenvalue weighted by atomic mass is 35.5. The van der Waals surface area contributed by atoms with Crippen LogP contribution in [0.1, 0.15) is 10.6 Å². The van der Waals surface area contributed by atoms with Crippen molar-refractivity contribution >= 4 is 41.5 Å². The number of aromatic nitrogens is 2. The molecule has 3 nitrogen and oxygen atoms in total. The molecule has 21 heavy (non-hydrogen) atoms. The van der Waals surface area contributed by atoms with Crippen LogP contribution in [0.15, 0.2) is 48.0 Å². The highest BCUT2D eigenvalue weighted by Crippen LogP contribution is 2.26. The Labute approximate surface area is 131 Å². The number of hydrogen-bond acceptors (Lipinski definition) is 3. The maximum absolute atomic E-state index is 10.9. The van der Waals surface area contributed by atoms with E-state index in [0.717, 1.165) is 21.7 Å². The molecule has 0 saturated carbocycles. The van der Waals surface area contributed by atoms with Gasteiger partial charge in [0.2, 0.25) is 6.41 Å². The van der Waals surface area contributed by atoms with E-state index in [1.807, 2.05) is 53.9 Å². The fourth-order valence-corrected chi connectivity index (χ4v) is 2.73. The Bertz CT molecular complexity index is 773. The largest absolute Gasteiger partial charge is 0.276 e. The molecule has 0 fully saturated rings. The summed E-state index contributed by atoms with van der Waals surface area (Å²) >= 11 is 7.56. The number of benzene rings is 1. The van der Waals surface area contributed by atoms with Crippen molar-refractivity contribution in [3.8, 4) is 11.1 Å². The van der Waals surface area contributed by atoms with Crippen LogP contribution in [-0.4, -0.2) is 16.2 Å². The van der Waals surface area contributed by atoms with Gasteiger partial charge in [0.1, 0.15) is 0 Å². The topological polar surface area (TPSA) is 34.9 Å². The maximum atomic E-state index is 10.9. The molecule has 0 amide bonds. The van der Waals surface area contributed by atoms with E-state index in [1.54, 1.807) is 17.5 Å². The van der Waals surface area contributed by atoms with Crippen LogP contribution in [0.4, 0.5) is 0 Å². The first-order valence-electron chi connectivity index (χ1n) is 6.28. The predicted molar refractivity (Wildman–Crippen MR) is 88.1 cm³/mol. The molecular formula is C16H11ClN2OS. The van der Waals surface area contributed by atoms with Crippen LogP contribution in [0.3, 0.4) is 0 Å². The van der Waals surface area contributed by atoms with Gasteiger partial charge in [0.25, 0.3) is 0 Å². The molecule has 0 aliphatic heterocycles. The van der Waals surface area contributed by atoms with Crippen molar-refractivity contribution in [1.82, 2.24) is 9.78 Å². The summed E-state index contributed by atoms with van der Waals surface area (Å²) in [4.78, 5) is 12.1. The summed E-state index contributed by atoms with van der Waals surface area (Å²) in [7, 11) is 0. The van der Waals surface area contributed by atoms with Gasteiger partial charge in [-0.3, -0.25) is 4.79 Å². The normalized spacial score (nSPS) is 11.1. The molecule has 0 N–H and O–H groups in total. The van der Waals surface area contributed by atoms with Crippen LogP contribution in [-0.2, 0) is 4.79 Å². The first-order valence-corrected chi connectivity index (χ1v) is 7.54. The number of carbonyl (C=O) groups is 1. The molecule has 0 atom stereocenters. The van der Waals surface area contributed by atoms with E-state index in [2.05, 4.69) is 5.10 Å². The minimum atomic E-state index is 0.678. The van der Waals surface area contributed by atoms with Crippen LogP contribution in [0.5, 0.6) is 0 Å². The SMILES string of the molecule is O=Cn1cc(-c2ccc(Cl)cc2)c(C=Cc2cccs2)n1. The average Bonchev–Trinajstić information content (AvgIpc) is 3.15. The van der Waals surface area contributed by atoms with Gasteiger partial charge in [-0.15, -0.1) is 11.3 Å². The number of nitrogens with zero attached hydrogens (tertiary/aromatic N) is 2. The van der Waals surface area contributed by atoms with Gasteiger partial charge in [0, 0.05) is 21.7 Å². The van der Waals surface area contributed by atoms with Crippen molar-refractivity contribution in [2.45, 2.75) is 0 Å². The second-order valence-electron chi connectivity index (χ2n) is 4.37. The van der Waals surface area contributed by atoms with Gasteiger partial charge in [-0.2, -0.15) is 5.10 Å². The lowest BCUT2D eigenvalue weighted by atomic mass is 10.1. The van der Waals surface area contributed by atoms with E-state index in [9.17, 15) is 4.79 Å². The fraction of sp³-hybridized carbons (Fsp3) is 0. The van der Waals surface area contributed by atoms with Crippen LogP contribution >= 0.6 is 22.9 Å². The minimum Gasteiger partial charge on any atom is -0.276 e.